The van der Waals surface area contributed by atoms with Crippen LogP contribution in [0.15, 0.2) is 54.6 Å². The van der Waals surface area contributed by atoms with E-state index in [1.807, 2.05) is 0 Å². The largest absolute Gasteiger partial charge is 0.370 e. The molecule has 3 aliphatic heterocycles. The summed E-state index contributed by atoms with van der Waals surface area (Å²) in [6.45, 7) is 2.18. The molecule has 1 saturated heterocycles. The molecular formula is C31H36N8. The summed E-state index contributed by atoms with van der Waals surface area (Å²) >= 11 is 0. The molecule has 200 valence electrons. The molecule has 2 aromatic heterocycles. The number of nitrogen functional groups attached to an aromatic ring is 1. The number of anilines is 4. The van der Waals surface area contributed by atoms with Crippen LogP contribution in [0.3, 0.4) is 0 Å². The van der Waals surface area contributed by atoms with Crippen molar-refractivity contribution in [1.82, 2.24) is 24.6 Å². The number of benzene rings is 2. The van der Waals surface area contributed by atoms with Crippen molar-refractivity contribution >= 4 is 23.3 Å². The standard InChI is InChI=1S/C31H36N8/c1-37(2)25-12-9-20-8-11-24(18-23(20)10-13-25)33-31-35-30(32)39(36-31)27-19-26(21-6-4-3-5-7-21)29-28(34-27)22-14-16-38(29)17-15-22/h3-8,11,18-19,22,25H,9-10,12-17H2,1-2H3,(H3,32,33,35,36)/t25-/m0/s1. The summed E-state index contributed by atoms with van der Waals surface area (Å²) in [4.78, 5) is 14.5. The van der Waals surface area contributed by atoms with Gasteiger partial charge in [-0.3, -0.25) is 0 Å². The molecule has 4 aliphatic rings. The molecule has 0 radical (unpaired) electrons. The molecule has 4 aromatic rings. The predicted molar refractivity (Wildman–Crippen MR) is 157 cm³/mol. The van der Waals surface area contributed by atoms with E-state index in [-0.39, 0.29) is 0 Å². The van der Waals surface area contributed by atoms with Crippen LogP contribution >= 0.6 is 0 Å². The van der Waals surface area contributed by atoms with Gasteiger partial charge in [0.25, 0.3) is 0 Å². The molecule has 0 spiro atoms. The number of nitrogens with two attached hydrogens (primary N) is 1. The van der Waals surface area contributed by atoms with E-state index in [0.717, 1.165) is 56.0 Å². The van der Waals surface area contributed by atoms with Crippen molar-refractivity contribution in [3.05, 3.63) is 71.4 Å². The fourth-order valence-electron chi connectivity index (χ4n) is 6.64. The number of aromatic nitrogens is 4. The van der Waals surface area contributed by atoms with Crippen molar-refractivity contribution in [2.75, 3.05) is 43.1 Å². The molecule has 1 aliphatic carbocycles. The van der Waals surface area contributed by atoms with Crippen LogP contribution in [0.1, 0.15) is 48.4 Å². The molecule has 5 heterocycles. The Morgan fingerprint density at radius 2 is 1.67 bits per heavy atom. The lowest BCUT2D eigenvalue weighted by atomic mass is 9.84. The topological polar surface area (TPSA) is 88.1 Å². The third-order valence-corrected chi connectivity index (χ3v) is 8.82. The Hall–Kier alpha value is -3.91. The van der Waals surface area contributed by atoms with Crippen molar-refractivity contribution in [3.63, 3.8) is 0 Å². The van der Waals surface area contributed by atoms with Crippen molar-refractivity contribution in [3.8, 4) is 16.9 Å². The Morgan fingerprint density at radius 3 is 2.44 bits per heavy atom. The van der Waals surface area contributed by atoms with E-state index in [0.29, 0.717) is 23.9 Å². The maximum atomic E-state index is 6.44. The van der Waals surface area contributed by atoms with Crippen LogP contribution in [0.25, 0.3) is 16.9 Å². The number of rotatable bonds is 5. The minimum absolute atomic E-state index is 0.328. The second-order valence-corrected chi connectivity index (χ2v) is 11.4. The zero-order valence-electron chi connectivity index (χ0n) is 22.8. The highest BCUT2D eigenvalue weighted by atomic mass is 15.4. The van der Waals surface area contributed by atoms with Crippen LogP contribution in [-0.4, -0.2) is 57.9 Å². The maximum Gasteiger partial charge on any atom is 0.248 e. The minimum atomic E-state index is 0.328. The molecule has 8 nitrogen and oxygen atoms in total. The van der Waals surface area contributed by atoms with Crippen LogP contribution in [0.5, 0.6) is 0 Å². The zero-order chi connectivity index (χ0) is 26.5. The van der Waals surface area contributed by atoms with Gasteiger partial charge in [0.2, 0.25) is 11.9 Å². The van der Waals surface area contributed by atoms with Crippen LogP contribution < -0.4 is 16.0 Å². The van der Waals surface area contributed by atoms with Crippen molar-refractivity contribution in [1.29, 1.82) is 0 Å². The van der Waals surface area contributed by atoms with Crippen molar-refractivity contribution < 1.29 is 0 Å². The summed E-state index contributed by atoms with van der Waals surface area (Å²) in [7, 11) is 4.37. The number of aryl methyl sites for hydroxylation is 2. The van der Waals surface area contributed by atoms with Gasteiger partial charge in [-0.2, -0.15) is 9.67 Å². The van der Waals surface area contributed by atoms with Gasteiger partial charge in [-0.15, -0.1) is 5.10 Å². The second kappa shape index (κ2) is 9.68. The first-order valence-corrected chi connectivity index (χ1v) is 14.2. The number of pyridine rings is 1. The number of hydrogen-bond donors (Lipinski definition) is 2. The lowest BCUT2D eigenvalue weighted by Crippen LogP contribution is -2.40. The third kappa shape index (κ3) is 4.42. The molecule has 0 unspecified atom stereocenters. The normalized spacial score (nSPS) is 18.6. The highest BCUT2D eigenvalue weighted by molar-refractivity contribution is 5.83. The molecule has 39 heavy (non-hydrogen) atoms. The van der Waals surface area contributed by atoms with Gasteiger partial charge < -0.3 is 20.9 Å². The van der Waals surface area contributed by atoms with Crippen LogP contribution in [0, 0.1) is 0 Å². The summed E-state index contributed by atoms with van der Waals surface area (Å²) in [5, 5.41) is 8.18. The van der Waals surface area contributed by atoms with E-state index in [2.05, 4.69) is 88.8 Å². The van der Waals surface area contributed by atoms with Gasteiger partial charge in [0.1, 0.15) is 0 Å². The summed E-state index contributed by atoms with van der Waals surface area (Å²) in [5.74, 6) is 2.00. The van der Waals surface area contributed by atoms with E-state index < -0.39 is 0 Å². The first kappa shape index (κ1) is 24.2. The summed E-state index contributed by atoms with van der Waals surface area (Å²) in [5.41, 5.74) is 15.1. The first-order chi connectivity index (χ1) is 19.0. The lowest BCUT2D eigenvalue weighted by Gasteiger charge is -2.42. The molecule has 8 heteroatoms. The molecule has 1 fully saturated rings. The first-order valence-electron chi connectivity index (χ1n) is 14.2. The van der Waals surface area contributed by atoms with E-state index in [9.17, 15) is 0 Å². The predicted octanol–water partition coefficient (Wildman–Crippen LogP) is 5.16. The quantitative estimate of drug-likeness (QED) is 0.351. The summed E-state index contributed by atoms with van der Waals surface area (Å²) in [6.07, 6.45) is 6.86. The Kier molecular flexibility index (Phi) is 6.00. The third-order valence-electron chi connectivity index (χ3n) is 8.82. The van der Waals surface area contributed by atoms with Crippen molar-refractivity contribution in [2.45, 2.75) is 50.5 Å². The lowest BCUT2D eigenvalue weighted by molar-refractivity contribution is 0.269. The Bertz CT molecular complexity index is 1500. The smallest absolute Gasteiger partial charge is 0.248 e. The minimum Gasteiger partial charge on any atom is -0.370 e. The molecule has 3 N–H and O–H groups in total. The Morgan fingerprint density at radius 1 is 0.897 bits per heavy atom. The van der Waals surface area contributed by atoms with Crippen LogP contribution in [0.4, 0.5) is 23.3 Å². The fourth-order valence-corrected chi connectivity index (χ4v) is 6.64. The van der Waals surface area contributed by atoms with Gasteiger partial charge in [-0.05, 0) is 87.5 Å². The Balaban J connectivity index is 1.21. The summed E-state index contributed by atoms with van der Waals surface area (Å²) < 4.78 is 1.68. The molecule has 8 rings (SSSR count). The number of hydrogen-bond acceptors (Lipinski definition) is 7. The van der Waals surface area contributed by atoms with Crippen LogP contribution in [0.2, 0.25) is 0 Å². The number of piperidine rings is 1. The van der Waals surface area contributed by atoms with E-state index in [4.69, 9.17) is 15.8 Å². The van der Waals surface area contributed by atoms with Gasteiger partial charge in [-0.25, -0.2) is 4.98 Å². The second-order valence-electron chi connectivity index (χ2n) is 11.4. The van der Waals surface area contributed by atoms with Gasteiger partial charge >= 0.3 is 0 Å². The average molecular weight is 521 g/mol. The summed E-state index contributed by atoms with van der Waals surface area (Å²) in [6, 6.07) is 19.9. The van der Waals surface area contributed by atoms with Gasteiger partial charge in [0.15, 0.2) is 5.82 Å². The number of nitrogens with one attached hydrogen (secondary N) is 1. The number of fused-ring (bicyclic) bond motifs is 3. The van der Waals surface area contributed by atoms with Gasteiger partial charge in [0.05, 0.1) is 11.4 Å². The highest BCUT2D eigenvalue weighted by Gasteiger charge is 2.35. The molecule has 0 saturated carbocycles. The molecule has 0 amide bonds. The molecule has 1 atom stereocenters. The zero-order valence-corrected chi connectivity index (χ0v) is 22.8. The van der Waals surface area contributed by atoms with Gasteiger partial charge in [-0.1, -0.05) is 36.4 Å². The average Bonchev–Trinajstić information content (AvgIpc) is 3.19. The van der Waals surface area contributed by atoms with Crippen LogP contribution in [-0.2, 0) is 12.8 Å². The highest BCUT2D eigenvalue weighted by Crippen LogP contribution is 2.46. The van der Waals surface area contributed by atoms with Gasteiger partial charge in [0, 0.05) is 36.3 Å². The fraction of sp³-hybridized carbons (Fsp3) is 0.387. The van der Waals surface area contributed by atoms with Crippen molar-refractivity contribution in [2.24, 2.45) is 0 Å². The SMILES string of the molecule is CN(C)[C@H]1CCc2ccc(Nc3nc(N)n(-c4cc(-c5ccccc5)c5c(n4)C4CCN5CC4)n3)cc2CC1. The van der Waals surface area contributed by atoms with E-state index in [1.54, 1.807) is 4.68 Å². The Labute approximate surface area is 229 Å². The monoisotopic (exact) mass is 520 g/mol. The molecule has 2 bridgehead atoms. The van der Waals surface area contributed by atoms with E-state index in [1.165, 1.54) is 40.8 Å². The maximum absolute atomic E-state index is 6.44. The number of nitrogens with zero attached hydrogens (tertiary/aromatic N) is 6. The molecule has 2 aromatic carbocycles. The van der Waals surface area contributed by atoms with E-state index >= 15 is 0 Å². The molecular weight excluding hydrogens is 484 g/mol.